The number of hydrogen-bond donors (Lipinski definition) is 5. The Kier molecular flexibility index (Phi) is 5.58. The van der Waals surface area contributed by atoms with Crippen molar-refractivity contribution in [3.8, 4) is 5.75 Å². The highest BCUT2D eigenvalue weighted by Gasteiger charge is 2.68. The number of Topliss-reactive ketones (excluding diaryl/α,β-unsaturated/α-hetero) is 2. The van der Waals surface area contributed by atoms with Gasteiger partial charge in [0.2, 0.25) is 0 Å². The van der Waals surface area contributed by atoms with Gasteiger partial charge < -0.3 is 31.1 Å². The zero-order chi connectivity index (χ0) is 25.3. The number of nitrogens with one attached hydrogen (secondary N) is 1. The van der Waals surface area contributed by atoms with Crippen molar-refractivity contribution in [2.45, 2.75) is 30.5 Å². The van der Waals surface area contributed by atoms with Crippen LogP contribution in [0.4, 0.5) is 0 Å². The summed E-state index contributed by atoms with van der Waals surface area (Å²) in [5, 5.41) is 35.9. The van der Waals surface area contributed by atoms with Crippen LogP contribution in [0.1, 0.15) is 24.0 Å². The van der Waals surface area contributed by atoms with Crippen molar-refractivity contribution in [2.24, 2.45) is 17.6 Å². The van der Waals surface area contributed by atoms with Crippen LogP contribution in [0.5, 0.6) is 5.75 Å². The van der Waals surface area contributed by atoms with Crippen molar-refractivity contribution in [1.82, 2.24) is 10.2 Å². The van der Waals surface area contributed by atoms with Crippen molar-refractivity contribution in [3.05, 3.63) is 46.2 Å². The Bertz CT molecular complexity index is 1170. The summed E-state index contributed by atoms with van der Waals surface area (Å²) in [6.45, 7) is 1.85. The SMILES string of the molecule is CN[C@]12C(=O)C3=C(O)c4c(O)cccc4[C@H](C)[C@H]3[C@H](OC)[C@H]1[C@H](N(C)C)C(=O)C(C(N)=O)=C2O. The van der Waals surface area contributed by atoms with E-state index >= 15 is 0 Å². The molecule has 1 aromatic carbocycles. The lowest BCUT2D eigenvalue weighted by Crippen LogP contribution is -2.74. The lowest BCUT2D eigenvalue weighted by atomic mass is 9.53. The van der Waals surface area contributed by atoms with Crippen LogP contribution in [0.3, 0.4) is 0 Å². The molecule has 10 heteroatoms. The monoisotopic (exact) mass is 471 g/mol. The molecule has 0 unspecified atom stereocenters. The van der Waals surface area contributed by atoms with Gasteiger partial charge in [0.25, 0.3) is 5.91 Å². The van der Waals surface area contributed by atoms with E-state index in [9.17, 15) is 29.7 Å². The number of rotatable bonds is 4. The van der Waals surface area contributed by atoms with Crippen LogP contribution in [-0.2, 0) is 19.1 Å². The molecule has 1 fully saturated rings. The molecule has 3 aliphatic carbocycles. The van der Waals surface area contributed by atoms with Gasteiger partial charge in [0.05, 0.1) is 17.7 Å². The van der Waals surface area contributed by atoms with E-state index in [1.54, 1.807) is 31.1 Å². The number of primary amides is 1. The number of nitrogens with two attached hydrogens (primary N) is 1. The van der Waals surface area contributed by atoms with E-state index in [4.69, 9.17) is 10.5 Å². The second-order valence-corrected chi connectivity index (χ2v) is 9.29. The molecule has 6 N–H and O–H groups in total. The number of ketones is 2. The second kappa shape index (κ2) is 7.93. The number of carbonyl (C=O) groups is 3. The number of nitrogens with zero attached hydrogens (tertiary/aromatic N) is 1. The highest BCUT2D eigenvalue weighted by Crippen LogP contribution is 2.56. The first-order chi connectivity index (χ1) is 16.0. The fourth-order valence-corrected chi connectivity index (χ4v) is 6.26. The fourth-order valence-electron chi connectivity index (χ4n) is 6.26. The third kappa shape index (κ3) is 2.76. The molecule has 10 nitrogen and oxygen atoms in total. The second-order valence-electron chi connectivity index (χ2n) is 9.29. The number of amides is 1. The Balaban J connectivity index is 2.13. The van der Waals surface area contributed by atoms with Gasteiger partial charge in [0.1, 0.15) is 28.4 Å². The molecular formula is C24H29N3O7. The van der Waals surface area contributed by atoms with Gasteiger partial charge >= 0.3 is 0 Å². The lowest BCUT2D eigenvalue weighted by Gasteiger charge is -2.56. The molecule has 6 atom stereocenters. The first kappa shape index (κ1) is 23.9. The van der Waals surface area contributed by atoms with Gasteiger partial charge in [-0.15, -0.1) is 0 Å². The van der Waals surface area contributed by atoms with E-state index in [2.05, 4.69) is 5.32 Å². The third-order valence-electron chi connectivity index (χ3n) is 7.67. The van der Waals surface area contributed by atoms with Crippen molar-refractivity contribution >= 4 is 23.2 Å². The zero-order valence-corrected chi connectivity index (χ0v) is 19.6. The molecule has 3 aliphatic rings. The first-order valence-corrected chi connectivity index (χ1v) is 10.9. The highest BCUT2D eigenvalue weighted by atomic mass is 16.5. The van der Waals surface area contributed by atoms with Gasteiger partial charge in [-0.3, -0.25) is 19.3 Å². The van der Waals surface area contributed by atoms with Crippen LogP contribution in [0.15, 0.2) is 35.1 Å². The van der Waals surface area contributed by atoms with E-state index in [1.807, 2.05) is 6.92 Å². The van der Waals surface area contributed by atoms with Gasteiger partial charge in [-0.05, 0) is 38.7 Å². The van der Waals surface area contributed by atoms with E-state index < -0.39 is 70.0 Å². The number of benzene rings is 1. The number of phenols is 1. The Hall–Kier alpha value is -3.21. The van der Waals surface area contributed by atoms with Gasteiger partial charge in [0, 0.05) is 24.5 Å². The first-order valence-electron chi connectivity index (χ1n) is 10.9. The Labute approximate surface area is 196 Å². The maximum Gasteiger partial charge on any atom is 0.255 e. The van der Waals surface area contributed by atoms with Gasteiger partial charge in [-0.1, -0.05) is 19.1 Å². The summed E-state index contributed by atoms with van der Waals surface area (Å²) >= 11 is 0. The minimum atomic E-state index is -1.98. The molecule has 0 aliphatic heterocycles. The normalized spacial score (nSPS) is 33.1. The predicted octanol–water partition coefficient (Wildman–Crippen LogP) is 0.377. The molecule has 1 saturated carbocycles. The van der Waals surface area contributed by atoms with E-state index in [-0.39, 0.29) is 16.9 Å². The van der Waals surface area contributed by atoms with Crippen LogP contribution < -0.4 is 11.1 Å². The van der Waals surface area contributed by atoms with Crippen LogP contribution in [0, 0.1) is 11.8 Å². The Morgan fingerprint density at radius 1 is 1.21 bits per heavy atom. The molecule has 0 heterocycles. The standard InChI is InChI=1S/C24H29N3O7/c1-9-10-7-6-8-11(28)13(10)18(29)14-12(9)20(34-5)16-17(27(3)4)19(30)15(23(25)33)22(32)24(16,26-2)21(14)31/h6-9,12,16-17,20,26,28-29,32H,1-5H3,(H2,25,33)/t9-,12+,16+,17-,20-,24-/m0/s1. The summed E-state index contributed by atoms with van der Waals surface area (Å²) in [7, 11) is 6.11. The lowest BCUT2D eigenvalue weighted by molar-refractivity contribution is -0.147. The number of likely N-dealkylation sites (N-methyl/N-ethyl adjacent to an activating group) is 2. The number of aliphatic hydroxyl groups is 2. The molecule has 1 amide bonds. The molecule has 4 rings (SSSR count). The summed E-state index contributed by atoms with van der Waals surface area (Å²) in [6, 6.07) is 3.76. The number of hydrogen-bond acceptors (Lipinski definition) is 9. The van der Waals surface area contributed by atoms with Crippen LogP contribution >= 0.6 is 0 Å². The molecule has 182 valence electrons. The van der Waals surface area contributed by atoms with Crippen molar-refractivity contribution < 1.29 is 34.4 Å². The maximum atomic E-state index is 14.2. The number of phenolic OH excluding ortho intramolecular Hbond substituents is 1. The van der Waals surface area contributed by atoms with Gasteiger partial charge in [0.15, 0.2) is 11.6 Å². The number of carbonyl (C=O) groups excluding carboxylic acids is 3. The Morgan fingerprint density at radius 3 is 2.38 bits per heavy atom. The topological polar surface area (TPSA) is 162 Å². The van der Waals surface area contributed by atoms with Crippen molar-refractivity contribution in [2.75, 3.05) is 28.3 Å². The van der Waals surface area contributed by atoms with Crippen LogP contribution in [0.25, 0.3) is 5.76 Å². The molecule has 0 saturated heterocycles. The minimum absolute atomic E-state index is 0.0545. The smallest absolute Gasteiger partial charge is 0.255 e. The van der Waals surface area contributed by atoms with Crippen molar-refractivity contribution in [3.63, 3.8) is 0 Å². The molecule has 0 spiro atoms. The molecule has 0 aromatic heterocycles. The van der Waals surface area contributed by atoms with Crippen LogP contribution in [-0.4, -0.2) is 83.6 Å². The van der Waals surface area contributed by atoms with E-state index in [0.29, 0.717) is 5.56 Å². The predicted molar refractivity (Wildman–Crippen MR) is 122 cm³/mol. The number of aromatic hydroxyl groups is 1. The molecule has 0 radical (unpaired) electrons. The van der Waals surface area contributed by atoms with Crippen LogP contribution in [0.2, 0.25) is 0 Å². The third-order valence-corrected chi connectivity index (χ3v) is 7.67. The zero-order valence-electron chi connectivity index (χ0n) is 19.6. The summed E-state index contributed by atoms with van der Waals surface area (Å²) < 4.78 is 5.91. The summed E-state index contributed by atoms with van der Waals surface area (Å²) in [6.07, 6.45) is -0.847. The Morgan fingerprint density at radius 2 is 1.85 bits per heavy atom. The maximum absolute atomic E-state index is 14.2. The average Bonchev–Trinajstić information content (AvgIpc) is 2.76. The summed E-state index contributed by atoms with van der Waals surface area (Å²) in [5.41, 5.74) is 3.51. The number of ether oxygens (including phenoxy) is 1. The van der Waals surface area contributed by atoms with Gasteiger partial charge in [-0.25, -0.2) is 0 Å². The largest absolute Gasteiger partial charge is 0.509 e. The van der Waals surface area contributed by atoms with Crippen molar-refractivity contribution in [1.29, 1.82) is 0 Å². The minimum Gasteiger partial charge on any atom is -0.509 e. The van der Waals surface area contributed by atoms with E-state index in [0.717, 1.165) is 0 Å². The van der Waals surface area contributed by atoms with E-state index in [1.165, 1.54) is 20.2 Å². The quantitative estimate of drug-likeness (QED) is 0.391. The van der Waals surface area contributed by atoms with Gasteiger partial charge in [-0.2, -0.15) is 0 Å². The molecular weight excluding hydrogens is 442 g/mol. The molecule has 1 aromatic rings. The number of methoxy groups -OCH3 is 1. The number of aliphatic hydroxyl groups excluding tert-OH is 2. The summed E-state index contributed by atoms with van der Waals surface area (Å²) in [4.78, 5) is 41.5. The number of fused-ring (bicyclic) bond motifs is 3. The molecule has 34 heavy (non-hydrogen) atoms. The highest BCUT2D eigenvalue weighted by molar-refractivity contribution is 6.25. The average molecular weight is 472 g/mol. The molecule has 0 bridgehead atoms. The summed E-state index contributed by atoms with van der Waals surface area (Å²) in [5.74, 6) is -6.06. The fraction of sp³-hybridized carbons (Fsp3) is 0.458.